The maximum Gasteiger partial charge on any atom is 0.248 e. The number of carbonyl (C=O) groups is 1. The van der Waals surface area contributed by atoms with Gasteiger partial charge >= 0.3 is 0 Å². The summed E-state index contributed by atoms with van der Waals surface area (Å²) in [6.45, 7) is 3.39. The van der Waals surface area contributed by atoms with Crippen LogP contribution in [0.25, 0.3) is 0 Å². The van der Waals surface area contributed by atoms with Crippen LogP contribution in [0.15, 0.2) is 55.3 Å². The van der Waals surface area contributed by atoms with Gasteiger partial charge in [-0.05, 0) is 17.7 Å². The Hall–Kier alpha value is -2.49. The van der Waals surface area contributed by atoms with Gasteiger partial charge in [0.2, 0.25) is 5.91 Å². The molecular weight excluding hydrogens is 226 g/mol. The van der Waals surface area contributed by atoms with E-state index in [9.17, 15) is 4.79 Å². The summed E-state index contributed by atoms with van der Waals surface area (Å²) in [4.78, 5) is 19.6. The molecular formula is C14H13N3O. The number of hydrogen-bond donors (Lipinski definition) is 1. The summed E-state index contributed by atoms with van der Waals surface area (Å²) in [5.41, 5.74) is 1.13. The molecule has 4 nitrogen and oxygen atoms in total. The average molecular weight is 239 g/mol. The van der Waals surface area contributed by atoms with E-state index >= 15 is 0 Å². The Bertz CT molecular complexity index is 552. The van der Waals surface area contributed by atoms with Gasteiger partial charge in [0.15, 0.2) is 0 Å². The van der Waals surface area contributed by atoms with Crippen molar-refractivity contribution >= 4 is 11.7 Å². The zero-order valence-corrected chi connectivity index (χ0v) is 9.84. The van der Waals surface area contributed by atoms with Crippen molar-refractivity contribution < 1.29 is 4.79 Å². The summed E-state index contributed by atoms with van der Waals surface area (Å²) in [6, 6.07) is 11.6. The molecule has 0 spiro atoms. The lowest BCUT2D eigenvalue weighted by molar-refractivity contribution is -0.111. The second-order valence-electron chi connectivity index (χ2n) is 3.71. The molecule has 0 atom stereocenters. The molecule has 1 aromatic carbocycles. The first-order valence-corrected chi connectivity index (χ1v) is 5.57. The smallest absolute Gasteiger partial charge is 0.248 e. The van der Waals surface area contributed by atoms with Crippen molar-refractivity contribution in [2.75, 3.05) is 5.32 Å². The number of nitrogens with one attached hydrogen (secondary N) is 1. The first-order chi connectivity index (χ1) is 8.78. The third-order valence-corrected chi connectivity index (χ3v) is 2.35. The van der Waals surface area contributed by atoms with Crippen LogP contribution in [-0.2, 0) is 11.2 Å². The van der Waals surface area contributed by atoms with E-state index in [2.05, 4.69) is 21.9 Å². The molecule has 1 amide bonds. The minimum atomic E-state index is -0.278. The number of amides is 1. The molecule has 2 aromatic rings. The van der Waals surface area contributed by atoms with Crippen LogP contribution >= 0.6 is 0 Å². The largest absolute Gasteiger partial charge is 0.307 e. The van der Waals surface area contributed by atoms with Gasteiger partial charge in [0, 0.05) is 12.6 Å². The zero-order valence-electron chi connectivity index (χ0n) is 9.84. The van der Waals surface area contributed by atoms with Crippen LogP contribution in [0.4, 0.5) is 5.82 Å². The van der Waals surface area contributed by atoms with Crippen molar-refractivity contribution in [1.29, 1.82) is 0 Å². The fraction of sp³-hybridized carbons (Fsp3) is 0.0714. The van der Waals surface area contributed by atoms with Crippen LogP contribution in [0.1, 0.15) is 11.4 Å². The fourth-order valence-electron chi connectivity index (χ4n) is 1.51. The van der Waals surface area contributed by atoms with Gasteiger partial charge in [-0.2, -0.15) is 0 Å². The molecule has 1 heterocycles. The highest BCUT2D eigenvalue weighted by molar-refractivity contribution is 5.98. The van der Waals surface area contributed by atoms with Gasteiger partial charge in [0.25, 0.3) is 0 Å². The van der Waals surface area contributed by atoms with Crippen molar-refractivity contribution in [3.05, 3.63) is 66.6 Å². The van der Waals surface area contributed by atoms with E-state index in [-0.39, 0.29) is 5.91 Å². The van der Waals surface area contributed by atoms with Crippen molar-refractivity contribution in [1.82, 2.24) is 9.97 Å². The number of nitrogens with zero attached hydrogens (tertiary/aromatic N) is 2. The molecule has 0 aliphatic carbocycles. The van der Waals surface area contributed by atoms with Gasteiger partial charge in [-0.1, -0.05) is 36.9 Å². The van der Waals surface area contributed by atoms with E-state index in [1.165, 1.54) is 6.08 Å². The maximum atomic E-state index is 11.2. The van der Waals surface area contributed by atoms with Crippen LogP contribution in [0.2, 0.25) is 0 Å². The molecule has 0 unspecified atom stereocenters. The quantitative estimate of drug-likeness (QED) is 0.832. The normalized spacial score (nSPS) is 9.78. The Labute approximate surface area is 105 Å². The maximum absolute atomic E-state index is 11.2. The number of anilines is 1. The molecule has 1 aromatic heterocycles. The molecule has 0 fully saturated rings. The predicted octanol–water partition coefficient (Wildman–Crippen LogP) is 2.19. The van der Waals surface area contributed by atoms with Crippen molar-refractivity contribution in [3.63, 3.8) is 0 Å². The fourth-order valence-corrected chi connectivity index (χ4v) is 1.51. The van der Waals surface area contributed by atoms with Crippen molar-refractivity contribution in [2.24, 2.45) is 0 Å². The molecule has 1 N–H and O–H groups in total. The minimum Gasteiger partial charge on any atom is -0.307 e. The standard InChI is InChI=1S/C14H13N3O/c1-2-14(18)17-12-8-9-15-13(16-12)10-11-6-4-3-5-7-11/h2-9H,1,10H2,(H,15,16,17,18). The van der Waals surface area contributed by atoms with Gasteiger partial charge in [-0.25, -0.2) is 9.97 Å². The molecule has 0 aliphatic heterocycles. The molecule has 0 radical (unpaired) electrons. The summed E-state index contributed by atoms with van der Waals surface area (Å²) in [6.07, 6.45) is 3.47. The molecule has 4 heteroatoms. The molecule has 0 aliphatic rings. The monoisotopic (exact) mass is 239 g/mol. The number of aromatic nitrogens is 2. The van der Waals surface area contributed by atoms with E-state index in [0.29, 0.717) is 18.1 Å². The van der Waals surface area contributed by atoms with Gasteiger partial charge in [-0.15, -0.1) is 0 Å². The Morgan fingerprint density at radius 3 is 2.78 bits per heavy atom. The molecule has 90 valence electrons. The van der Waals surface area contributed by atoms with E-state index < -0.39 is 0 Å². The second-order valence-corrected chi connectivity index (χ2v) is 3.71. The first-order valence-electron chi connectivity index (χ1n) is 5.57. The summed E-state index contributed by atoms with van der Waals surface area (Å²) < 4.78 is 0. The molecule has 0 saturated heterocycles. The van der Waals surface area contributed by atoms with E-state index in [4.69, 9.17) is 0 Å². The molecule has 0 bridgehead atoms. The molecule has 2 rings (SSSR count). The number of benzene rings is 1. The summed E-state index contributed by atoms with van der Waals surface area (Å²) in [5, 5.41) is 2.61. The van der Waals surface area contributed by atoms with Gasteiger partial charge in [0.1, 0.15) is 11.6 Å². The SMILES string of the molecule is C=CC(=O)Nc1ccnc(Cc2ccccc2)n1. The third-order valence-electron chi connectivity index (χ3n) is 2.35. The highest BCUT2D eigenvalue weighted by Crippen LogP contribution is 2.07. The Morgan fingerprint density at radius 1 is 1.28 bits per heavy atom. The highest BCUT2D eigenvalue weighted by Gasteiger charge is 2.02. The topological polar surface area (TPSA) is 54.9 Å². The third kappa shape index (κ3) is 3.25. The van der Waals surface area contributed by atoms with E-state index in [1.807, 2.05) is 30.3 Å². The van der Waals surface area contributed by atoms with Crippen molar-refractivity contribution in [3.8, 4) is 0 Å². The van der Waals surface area contributed by atoms with Gasteiger partial charge in [0.05, 0.1) is 0 Å². The van der Waals surface area contributed by atoms with Crippen LogP contribution in [-0.4, -0.2) is 15.9 Å². The van der Waals surface area contributed by atoms with Crippen LogP contribution < -0.4 is 5.32 Å². The van der Waals surface area contributed by atoms with Crippen LogP contribution in [0.3, 0.4) is 0 Å². The van der Waals surface area contributed by atoms with E-state index in [0.717, 1.165) is 5.56 Å². The van der Waals surface area contributed by atoms with Crippen LogP contribution in [0, 0.1) is 0 Å². The lowest BCUT2D eigenvalue weighted by atomic mass is 10.1. The highest BCUT2D eigenvalue weighted by atomic mass is 16.1. The Balaban J connectivity index is 2.12. The predicted molar refractivity (Wildman–Crippen MR) is 70.1 cm³/mol. The number of rotatable bonds is 4. The Kier molecular flexibility index (Phi) is 3.81. The summed E-state index contributed by atoms with van der Waals surface area (Å²) >= 11 is 0. The Morgan fingerprint density at radius 2 is 2.06 bits per heavy atom. The number of carbonyl (C=O) groups excluding carboxylic acids is 1. The number of hydrogen-bond acceptors (Lipinski definition) is 3. The molecule has 0 saturated carbocycles. The van der Waals surface area contributed by atoms with Gasteiger partial charge in [-0.3, -0.25) is 4.79 Å². The summed E-state index contributed by atoms with van der Waals surface area (Å²) in [5.74, 6) is 0.878. The van der Waals surface area contributed by atoms with E-state index in [1.54, 1.807) is 12.3 Å². The van der Waals surface area contributed by atoms with Gasteiger partial charge < -0.3 is 5.32 Å². The van der Waals surface area contributed by atoms with Crippen LogP contribution in [0.5, 0.6) is 0 Å². The second kappa shape index (κ2) is 5.72. The minimum absolute atomic E-state index is 0.278. The summed E-state index contributed by atoms with van der Waals surface area (Å²) in [7, 11) is 0. The molecule has 18 heavy (non-hydrogen) atoms. The zero-order chi connectivity index (χ0) is 12.8. The lowest BCUT2D eigenvalue weighted by Gasteiger charge is -2.04. The first kappa shape index (κ1) is 12.0. The van der Waals surface area contributed by atoms with Crippen molar-refractivity contribution in [2.45, 2.75) is 6.42 Å². The lowest BCUT2D eigenvalue weighted by Crippen LogP contribution is -2.10. The average Bonchev–Trinajstić information content (AvgIpc) is 2.40.